The first-order valence-corrected chi connectivity index (χ1v) is 20.3. The van der Waals surface area contributed by atoms with E-state index in [0.717, 1.165) is 44.5 Å². The molecule has 60 heavy (non-hydrogen) atoms. The van der Waals surface area contributed by atoms with Gasteiger partial charge < -0.3 is 28.4 Å². The van der Waals surface area contributed by atoms with E-state index in [1.54, 1.807) is 13.8 Å². The van der Waals surface area contributed by atoms with Gasteiger partial charge >= 0.3 is 11.9 Å². The van der Waals surface area contributed by atoms with Crippen LogP contribution in [0.4, 0.5) is 0 Å². The fourth-order valence-electron chi connectivity index (χ4n) is 6.37. The minimum absolute atomic E-state index is 0.0470. The lowest BCUT2D eigenvalue weighted by Gasteiger charge is -2.15. The van der Waals surface area contributed by atoms with Crippen molar-refractivity contribution in [2.75, 3.05) is 39.6 Å². The lowest BCUT2D eigenvalue weighted by molar-refractivity contribution is -0.157. The van der Waals surface area contributed by atoms with E-state index in [-0.39, 0.29) is 17.7 Å². The molecule has 2 atom stereocenters. The van der Waals surface area contributed by atoms with Crippen molar-refractivity contribution in [2.45, 2.75) is 66.6 Å². The quantitative estimate of drug-likeness (QED) is 0.0635. The van der Waals surface area contributed by atoms with Gasteiger partial charge in [0.2, 0.25) is 0 Å². The lowest BCUT2D eigenvalue weighted by atomic mass is 10.0. The van der Waals surface area contributed by atoms with Crippen molar-refractivity contribution in [3.63, 3.8) is 0 Å². The molecule has 0 saturated heterocycles. The van der Waals surface area contributed by atoms with Crippen LogP contribution in [0.3, 0.4) is 0 Å². The Balaban J connectivity index is 1.12. The van der Waals surface area contributed by atoms with Gasteiger partial charge in [0, 0.05) is 48.3 Å². The number of ketones is 1. The van der Waals surface area contributed by atoms with Crippen LogP contribution < -0.4 is 9.47 Å². The van der Waals surface area contributed by atoms with E-state index >= 15 is 0 Å². The van der Waals surface area contributed by atoms with Crippen LogP contribution in [-0.4, -0.2) is 69.6 Å². The molecule has 0 aliphatic heterocycles. The van der Waals surface area contributed by atoms with Gasteiger partial charge in [-0.05, 0) is 136 Å². The molecule has 310 valence electrons. The zero-order valence-corrected chi connectivity index (χ0v) is 35.2. The summed E-state index contributed by atoms with van der Waals surface area (Å²) in [5, 5.41) is 0. The third kappa shape index (κ3) is 12.8. The molecule has 4 aromatic carbocycles. The number of esters is 2. The predicted molar refractivity (Wildman–Crippen MR) is 232 cm³/mol. The summed E-state index contributed by atoms with van der Waals surface area (Å²) in [6, 6.07) is 26.6. The minimum atomic E-state index is -0.638. The third-order valence-electron chi connectivity index (χ3n) is 9.43. The topological polar surface area (TPSA) is 107 Å². The highest BCUT2D eigenvalue weighted by atomic mass is 16.6. The van der Waals surface area contributed by atoms with Crippen LogP contribution >= 0.6 is 0 Å². The van der Waals surface area contributed by atoms with Gasteiger partial charge in [0.1, 0.15) is 24.7 Å². The van der Waals surface area contributed by atoms with Crippen molar-refractivity contribution in [3.05, 3.63) is 142 Å². The number of rotatable bonds is 18. The molecule has 0 bridgehead atoms. The summed E-state index contributed by atoms with van der Waals surface area (Å²) < 4.78 is 33.2. The molecule has 0 heterocycles. The molecule has 0 fully saturated rings. The van der Waals surface area contributed by atoms with Crippen molar-refractivity contribution in [3.8, 4) is 46.3 Å². The molecule has 1 aliphatic rings. The van der Waals surface area contributed by atoms with Crippen molar-refractivity contribution >= 4 is 17.7 Å². The van der Waals surface area contributed by atoms with E-state index in [1.165, 1.54) is 0 Å². The lowest BCUT2D eigenvalue weighted by Crippen LogP contribution is -2.28. The summed E-state index contributed by atoms with van der Waals surface area (Å²) in [6.45, 7) is 13.2. The maximum atomic E-state index is 13.5. The molecule has 9 heteroatoms. The fraction of sp³-hybridized carbons (Fsp3) is 0.314. The Morgan fingerprint density at radius 2 is 0.950 bits per heavy atom. The SMILES string of the molecule is CCOC(=O)C(Cc1ccc(OCC=C(C)C#Cc2ccc3c(c2)C(=O)c2cc(C#CC(C)=CCOc4ccc(CC(OCC)C(=O)OCC)cc4)ccc2-3)cc1)OCC. The number of benzene rings is 4. The fourth-order valence-corrected chi connectivity index (χ4v) is 6.37. The molecule has 0 radical (unpaired) electrons. The average Bonchev–Trinajstić information content (AvgIpc) is 3.52. The highest BCUT2D eigenvalue weighted by Crippen LogP contribution is 2.37. The number of fused-ring (bicyclic) bond motifs is 3. The van der Waals surface area contributed by atoms with Crippen LogP contribution in [0.15, 0.2) is 108 Å². The van der Waals surface area contributed by atoms with Crippen LogP contribution in [0.25, 0.3) is 11.1 Å². The van der Waals surface area contributed by atoms with E-state index < -0.39 is 12.2 Å². The molecule has 0 N–H and O–H groups in total. The van der Waals surface area contributed by atoms with Crippen LogP contribution in [0.5, 0.6) is 11.5 Å². The van der Waals surface area contributed by atoms with E-state index in [2.05, 4.69) is 23.7 Å². The van der Waals surface area contributed by atoms with Gasteiger partial charge in [-0.25, -0.2) is 9.59 Å². The first kappa shape index (κ1) is 44.7. The summed E-state index contributed by atoms with van der Waals surface area (Å²) in [7, 11) is 0. The molecule has 0 saturated carbocycles. The normalized spacial score (nSPS) is 12.8. The Bertz CT molecular complexity index is 2150. The van der Waals surface area contributed by atoms with Crippen LogP contribution in [0, 0.1) is 23.7 Å². The maximum absolute atomic E-state index is 13.5. The van der Waals surface area contributed by atoms with Crippen molar-refractivity contribution in [2.24, 2.45) is 0 Å². The summed E-state index contributed by atoms with van der Waals surface area (Å²) in [5.41, 5.74) is 8.08. The Kier molecular flexibility index (Phi) is 16.9. The van der Waals surface area contributed by atoms with Gasteiger partial charge in [-0.15, -0.1) is 0 Å². The number of hydrogen-bond acceptors (Lipinski definition) is 9. The van der Waals surface area contributed by atoms with Gasteiger partial charge in [0.25, 0.3) is 0 Å². The van der Waals surface area contributed by atoms with E-state index in [4.69, 9.17) is 28.4 Å². The number of carbonyl (C=O) groups excluding carboxylic acids is 3. The number of hydrogen-bond donors (Lipinski definition) is 0. The van der Waals surface area contributed by atoms with E-state index in [1.807, 2.05) is 125 Å². The average molecular weight is 809 g/mol. The standard InChI is InChI=1S/C51H52O9/c1-7-55-47(50(53)57-9-3)33-39-15-21-41(22-16-39)59-29-27-35(5)11-13-37-19-25-43-44-26-20-38(32-46(44)49(52)45(43)31-37)14-12-36(6)28-30-60-42-23-17-40(18-24-42)34-48(56-8-2)51(54)58-10-4/h15-28,31-32,47-48H,7-10,29-30,33-34H2,1-6H3. The summed E-state index contributed by atoms with van der Waals surface area (Å²) in [5.74, 6) is 13.3. The Labute approximate surface area is 353 Å². The first-order chi connectivity index (χ1) is 29.1. The molecule has 9 nitrogen and oxygen atoms in total. The second-order valence-corrected chi connectivity index (χ2v) is 13.8. The monoisotopic (exact) mass is 808 g/mol. The zero-order valence-electron chi connectivity index (χ0n) is 35.2. The molecule has 1 aliphatic carbocycles. The van der Waals surface area contributed by atoms with Crippen LogP contribution in [0.2, 0.25) is 0 Å². The zero-order chi connectivity index (χ0) is 42.9. The largest absolute Gasteiger partial charge is 0.490 e. The number of carbonyl (C=O) groups is 3. The predicted octanol–water partition coefficient (Wildman–Crippen LogP) is 8.67. The van der Waals surface area contributed by atoms with Gasteiger partial charge in [-0.3, -0.25) is 4.79 Å². The molecule has 0 amide bonds. The summed E-state index contributed by atoms with van der Waals surface area (Å²) in [4.78, 5) is 37.9. The minimum Gasteiger partial charge on any atom is -0.490 e. The molecular weight excluding hydrogens is 757 g/mol. The maximum Gasteiger partial charge on any atom is 0.335 e. The van der Waals surface area contributed by atoms with Gasteiger partial charge in [-0.1, -0.05) is 60.1 Å². The van der Waals surface area contributed by atoms with Gasteiger partial charge in [0.05, 0.1) is 13.2 Å². The number of allylic oxidation sites excluding steroid dienone is 2. The Morgan fingerprint density at radius 1 is 0.550 bits per heavy atom. The molecule has 4 aromatic rings. The van der Waals surface area contributed by atoms with E-state index in [9.17, 15) is 14.4 Å². The third-order valence-corrected chi connectivity index (χ3v) is 9.43. The summed E-state index contributed by atoms with van der Waals surface area (Å²) >= 11 is 0. The van der Waals surface area contributed by atoms with Crippen molar-refractivity contribution < 1.29 is 42.8 Å². The van der Waals surface area contributed by atoms with Crippen LogP contribution in [0.1, 0.15) is 79.7 Å². The Morgan fingerprint density at radius 3 is 1.32 bits per heavy atom. The highest BCUT2D eigenvalue weighted by Gasteiger charge is 2.27. The molecule has 0 aromatic heterocycles. The van der Waals surface area contributed by atoms with E-state index in [0.29, 0.717) is 75.1 Å². The van der Waals surface area contributed by atoms with Crippen LogP contribution in [-0.2, 0) is 41.4 Å². The molecule has 5 rings (SSSR count). The smallest absolute Gasteiger partial charge is 0.335 e. The number of ether oxygens (including phenoxy) is 6. The molecular formula is C51H52O9. The Hall–Kier alpha value is -6.39. The van der Waals surface area contributed by atoms with Gasteiger partial charge in [0.15, 0.2) is 18.0 Å². The van der Waals surface area contributed by atoms with Crippen molar-refractivity contribution in [1.29, 1.82) is 0 Å². The second kappa shape index (κ2) is 22.7. The summed E-state index contributed by atoms with van der Waals surface area (Å²) in [6.07, 6.45) is 3.38. The van der Waals surface area contributed by atoms with Crippen molar-refractivity contribution in [1.82, 2.24) is 0 Å². The highest BCUT2D eigenvalue weighted by molar-refractivity contribution is 6.22. The molecule has 0 spiro atoms. The second-order valence-electron chi connectivity index (χ2n) is 13.8. The first-order valence-electron chi connectivity index (χ1n) is 20.3. The van der Waals surface area contributed by atoms with Gasteiger partial charge in [-0.2, -0.15) is 0 Å². The molecule has 2 unspecified atom stereocenters.